The third kappa shape index (κ3) is 2.38. The first kappa shape index (κ1) is 18.3. The molecule has 0 aromatic heterocycles. The molecule has 3 amide bonds. The van der Waals surface area contributed by atoms with Gasteiger partial charge in [0.25, 0.3) is 0 Å². The number of hydrogen-bond donors (Lipinski definition) is 1. The number of primary amides is 1. The van der Waals surface area contributed by atoms with Crippen LogP contribution in [-0.4, -0.2) is 34.4 Å². The van der Waals surface area contributed by atoms with E-state index in [-0.39, 0.29) is 11.7 Å². The normalized spacial score (nSPS) is 26.4. The smallest absolute Gasteiger partial charge is 0.240 e. The van der Waals surface area contributed by atoms with Crippen LogP contribution < -0.4 is 10.6 Å². The Balaban J connectivity index is 1.60. The van der Waals surface area contributed by atoms with Crippen molar-refractivity contribution >= 4 is 35.3 Å². The third-order valence-corrected chi connectivity index (χ3v) is 6.29. The molecule has 0 bridgehead atoms. The number of ketones is 1. The Morgan fingerprint density at radius 2 is 1.60 bits per heavy atom. The first-order valence-corrected chi connectivity index (χ1v) is 9.73. The van der Waals surface area contributed by atoms with Gasteiger partial charge in [0, 0.05) is 11.8 Å². The van der Waals surface area contributed by atoms with E-state index in [1.165, 1.54) is 6.92 Å². The van der Waals surface area contributed by atoms with Crippen LogP contribution in [0.1, 0.15) is 34.5 Å². The zero-order chi connectivity index (χ0) is 21.2. The van der Waals surface area contributed by atoms with Crippen LogP contribution in [0.3, 0.4) is 0 Å². The Hall–Kier alpha value is -3.74. The second-order valence-electron chi connectivity index (χ2n) is 7.85. The molecule has 3 aliphatic rings. The van der Waals surface area contributed by atoms with Gasteiger partial charge in [-0.2, -0.15) is 0 Å². The lowest BCUT2D eigenvalue weighted by Crippen LogP contribution is -2.46. The van der Waals surface area contributed by atoms with Gasteiger partial charge in [0.1, 0.15) is 6.04 Å². The molecule has 2 aromatic carbocycles. The molecule has 2 aromatic rings. The van der Waals surface area contributed by atoms with Gasteiger partial charge in [-0.05, 0) is 48.4 Å². The zero-order valence-corrected chi connectivity index (χ0v) is 16.2. The van der Waals surface area contributed by atoms with Crippen LogP contribution in [0.15, 0.2) is 54.7 Å². The number of rotatable bonds is 3. The lowest BCUT2D eigenvalue weighted by Gasteiger charge is -2.34. The number of amides is 3. The highest BCUT2D eigenvalue weighted by Gasteiger charge is 2.64. The van der Waals surface area contributed by atoms with E-state index in [9.17, 15) is 19.2 Å². The van der Waals surface area contributed by atoms with Crippen molar-refractivity contribution in [2.24, 2.45) is 17.6 Å². The summed E-state index contributed by atoms with van der Waals surface area (Å²) in [5, 5.41) is 0. The number of nitrogens with two attached hydrogens (primary N) is 1. The van der Waals surface area contributed by atoms with E-state index < -0.39 is 35.7 Å². The van der Waals surface area contributed by atoms with Crippen molar-refractivity contribution in [1.82, 2.24) is 4.90 Å². The summed E-state index contributed by atoms with van der Waals surface area (Å²) in [4.78, 5) is 53.6. The van der Waals surface area contributed by atoms with Crippen LogP contribution in [-0.2, 0) is 14.4 Å². The van der Waals surface area contributed by atoms with Gasteiger partial charge in [0.15, 0.2) is 5.78 Å². The molecule has 7 nitrogen and oxygen atoms in total. The van der Waals surface area contributed by atoms with Gasteiger partial charge >= 0.3 is 0 Å². The monoisotopic (exact) mass is 401 g/mol. The highest BCUT2D eigenvalue weighted by molar-refractivity contribution is 6.24. The Morgan fingerprint density at radius 1 is 0.933 bits per heavy atom. The minimum atomic E-state index is -0.900. The van der Waals surface area contributed by atoms with Gasteiger partial charge in [-0.25, -0.2) is 4.90 Å². The maximum atomic E-state index is 13.5. The van der Waals surface area contributed by atoms with Crippen molar-refractivity contribution in [3.63, 3.8) is 0 Å². The number of hydrogen-bond acceptors (Lipinski definition) is 5. The number of anilines is 1. The lowest BCUT2D eigenvalue weighted by molar-refractivity contribution is -0.129. The maximum absolute atomic E-state index is 13.5. The van der Waals surface area contributed by atoms with E-state index in [0.717, 1.165) is 16.0 Å². The summed E-state index contributed by atoms with van der Waals surface area (Å²) < 4.78 is 0. The first-order chi connectivity index (χ1) is 14.4. The average molecular weight is 401 g/mol. The van der Waals surface area contributed by atoms with Gasteiger partial charge in [0.05, 0.1) is 23.6 Å². The molecular formula is C23H19N3O4. The fraction of sp³-hybridized carbons (Fsp3) is 0.217. The largest absolute Gasteiger partial charge is 0.368 e. The summed E-state index contributed by atoms with van der Waals surface area (Å²) >= 11 is 0. The van der Waals surface area contributed by atoms with Crippen molar-refractivity contribution in [3.05, 3.63) is 71.4 Å². The minimum Gasteiger partial charge on any atom is -0.368 e. The summed E-state index contributed by atoms with van der Waals surface area (Å²) in [6, 6.07) is 12.6. The summed E-state index contributed by atoms with van der Waals surface area (Å²) in [5.41, 5.74) is 8.42. The molecule has 3 aliphatic heterocycles. The van der Waals surface area contributed by atoms with E-state index in [2.05, 4.69) is 0 Å². The highest BCUT2D eigenvalue weighted by atomic mass is 16.2. The van der Waals surface area contributed by atoms with Gasteiger partial charge in [0.2, 0.25) is 17.7 Å². The molecule has 150 valence electrons. The molecule has 4 atom stereocenters. The average Bonchev–Trinajstić information content (AvgIpc) is 3.21. The predicted octanol–water partition coefficient (Wildman–Crippen LogP) is 1.89. The molecule has 0 spiro atoms. The Bertz CT molecular complexity index is 1140. The molecule has 2 fully saturated rings. The van der Waals surface area contributed by atoms with Crippen molar-refractivity contribution < 1.29 is 19.2 Å². The minimum absolute atomic E-state index is 0.104. The number of fused-ring (bicyclic) bond motifs is 5. The fourth-order valence-electron chi connectivity index (χ4n) is 4.98. The van der Waals surface area contributed by atoms with Crippen LogP contribution >= 0.6 is 0 Å². The van der Waals surface area contributed by atoms with E-state index in [4.69, 9.17) is 5.73 Å². The maximum Gasteiger partial charge on any atom is 0.240 e. The standard InChI is InChI=1S/C23H19N3O4/c1-12(27)13-6-8-15(9-7-13)26-22(29)17-18(23(26)30)20(21(24)28)25-11-10-14-4-2-3-5-16(14)19(17)25/h2-11,17-20H,1H3,(H2,24,28)/t17-,18-,19-,20+/m1/s1. The van der Waals surface area contributed by atoms with Crippen molar-refractivity contribution in [1.29, 1.82) is 0 Å². The highest BCUT2D eigenvalue weighted by Crippen LogP contribution is 2.52. The number of imide groups is 1. The van der Waals surface area contributed by atoms with Crippen LogP contribution in [0, 0.1) is 11.8 Å². The van der Waals surface area contributed by atoms with Gasteiger partial charge in [-0.3, -0.25) is 19.2 Å². The Morgan fingerprint density at radius 3 is 2.27 bits per heavy atom. The molecule has 2 N–H and O–H groups in total. The number of carbonyl (C=O) groups is 4. The molecule has 30 heavy (non-hydrogen) atoms. The topological polar surface area (TPSA) is 101 Å². The van der Waals surface area contributed by atoms with Crippen molar-refractivity contribution in [2.75, 3.05) is 4.90 Å². The third-order valence-electron chi connectivity index (χ3n) is 6.29. The van der Waals surface area contributed by atoms with Crippen molar-refractivity contribution in [3.8, 4) is 0 Å². The molecule has 0 unspecified atom stereocenters. The zero-order valence-electron chi connectivity index (χ0n) is 16.2. The Kier molecular flexibility index (Phi) is 3.89. The molecule has 3 heterocycles. The van der Waals surface area contributed by atoms with Gasteiger partial charge < -0.3 is 10.6 Å². The summed E-state index contributed by atoms with van der Waals surface area (Å²) in [6.45, 7) is 1.45. The number of Topliss-reactive ketones (excluding diaryl/α,β-unsaturated/α-hetero) is 1. The van der Waals surface area contributed by atoms with E-state index in [0.29, 0.717) is 11.3 Å². The summed E-state index contributed by atoms with van der Waals surface area (Å²) in [6.07, 6.45) is 3.63. The van der Waals surface area contributed by atoms with E-state index in [1.54, 1.807) is 35.4 Å². The summed E-state index contributed by atoms with van der Waals surface area (Å²) in [5.74, 6) is -3.11. The van der Waals surface area contributed by atoms with E-state index >= 15 is 0 Å². The van der Waals surface area contributed by atoms with Crippen LogP contribution in [0.25, 0.3) is 6.08 Å². The second-order valence-corrected chi connectivity index (χ2v) is 7.85. The molecule has 5 rings (SSSR count). The quantitative estimate of drug-likeness (QED) is 0.625. The molecular weight excluding hydrogens is 382 g/mol. The molecule has 7 heteroatoms. The lowest BCUT2D eigenvalue weighted by atomic mass is 9.84. The molecule has 2 saturated heterocycles. The SMILES string of the molecule is CC(=O)c1ccc(N2C(=O)[C@@H]3[C@@H](C2=O)[C@H]2c4ccccc4C=CN2[C@@H]3C(N)=O)cc1. The molecule has 0 aliphatic carbocycles. The van der Waals surface area contributed by atoms with Gasteiger partial charge in [-0.1, -0.05) is 24.3 Å². The second kappa shape index (κ2) is 6.38. The van der Waals surface area contributed by atoms with Gasteiger partial charge in [-0.15, -0.1) is 0 Å². The van der Waals surface area contributed by atoms with E-state index in [1.807, 2.05) is 30.3 Å². The number of carbonyl (C=O) groups excluding carboxylic acids is 4. The number of benzene rings is 2. The first-order valence-electron chi connectivity index (χ1n) is 9.73. The van der Waals surface area contributed by atoms with Crippen LogP contribution in [0.2, 0.25) is 0 Å². The summed E-state index contributed by atoms with van der Waals surface area (Å²) in [7, 11) is 0. The molecule has 0 radical (unpaired) electrons. The van der Waals surface area contributed by atoms with Crippen LogP contribution in [0.4, 0.5) is 5.69 Å². The van der Waals surface area contributed by atoms with Crippen LogP contribution in [0.5, 0.6) is 0 Å². The van der Waals surface area contributed by atoms with Crippen molar-refractivity contribution in [2.45, 2.75) is 19.0 Å². The molecule has 0 saturated carbocycles. The fourth-order valence-corrected chi connectivity index (χ4v) is 4.98. The Labute approximate surface area is 172 Å². The number of nitrogens with zero attached hydrogens (tertiary/aromatic N) is 2. The predicted molar refractivity (Wildman–Crippen MR) is 109 cm³/mol.